The van der Waals surface area contributed by atoms with E-state index in [1.54, 1.807) is 14.1 Å². The van der Waals surface area contributed by atoms with Crippen molar-refractivity contribution in [1.82, 2.24) is 9.21 Å². The Balaban J connectivity index is 2.27. The SMILES string of the molecule is CN(CCCS(=O)(=O)N(C)C)CC1(CO)CCC1. The van der Waals surface area contributed by atoms with E-state index >= 15 is 0 Å². The smallest absolute Gasteiger partial charge is 0.213 e. The van der Waals surface area contributed by atoms with Crippen molar-refractivity contribution >= 4 is 10.0 Å². The van der Waals surface area contributed by atoms with Crippen molar-refractivity contribution in [3.63, 3.8) is 0 Å². The summed E-state index contributed by atoms with van der Waals surface area (Å²) in [5, 5.41) is 9.38. The molecule has 0 aromatic rings. The van der Waals surface area contributed by atoms with Gasteiger partial charge in [0.2, 0.25) is 10.0 Å². The van der Waals surface area contributed by atoms with E-state index < -0.39 is 10.0 Å². The van der Waals surface area contributed by atoms with E-state index in [4.69, 9.17) is 0 Å². The summed E-state index contributed by atoms with van der Waals surface area (Å²) in [6.07, 6.45) is 4.01. The first-order valence-corrected chi connectivity index (χ1v) is 8.12. The van der Waals surface area contributed by atoms with Crippen LogP contribution in [0.4, 0.5) is 0 Å². The maximum Gasteiger partial charge on any atom is 0.213 e. The molecule has 108 valence electrons. The zero-order valence-corrected chi connectivity index (χ0v) is 12.5. The minimum absolute atomic E-state index is 0.0785. The molecule has 1 saturated carbocycles. The lowest BCUT2D eigenvalue weighted by molar-refractivity contribution is 0.0147. The van der Waals surface area contributed by atoms with Gasteiger partial charge in [0.25, 0.3) is 0 Å². The van der Waals surface area contributed by atoms with Crippen LogP contribution in [0.2, 0.25) is 0 Å². The Morgan fingerprint density at radius 3 is 2.22 bits per heavy atom. The van der Waals surface area contributed by atoms with E-state index in [-0.39, 0.29) is 17.8 Å². The van der Waals surface area contributed by atoms with Gasteiger partial charge < -0.3 is 10.0 Å². The average Bonchev–Trinajstić information content (AvgIpc) is 2.23. The van der Waals surface area contributed by atoms with Gasteiger partial charge in [-0.05, 0) is 32.9 Å². The topological polar surface area (TPSA) is 60.9 Å². The molecule has 6 heteroatoms. The number of aliphatic hydroxyl groups excluding tert-OH is 1. The normalized spacial score (nSPS) is 19.2. The molecule has 0 bridgehead atoms. The molecule has 0 unspecified atom stereocenters. The van der Waals surface area contributed by atoms with E-state index in [0.717, 1.165) is 25.9 Å². The van der Waals surface area contributed by atoms with E-state index in [0.29, 0.717) is 6.42 Å². The zero-order valence-electron chi connectivity index (χ0n) is 11.7. The molecular weight excluding hydrogens is 252 g/mol. The first-order valence-electron chi connectivity index (χ1n) is 6.51. The molecule has 5 nitrogen and oxygen atoms in total. The van der Waals surface area contributed by atoms with Gasteiger partial charge in [-0.15, -0.1) is 0 Å². The maximum atomic E-state index is 11.6. The third kappa shape index (κ3) is 4.19. The first kappa shape index (κ1) is 15.9. The molecule has 1 N–H and O–H groups in total. The highest BCUT2D eigenvalue weighted by atomic mass is 32.2. The zero-order chi connectivity index (χ0) is 13.8. The van der Waals surface area contributed by atoms with Crippen molar-refractivity contribution in [3.05, 3.63) is 0 Å². The summed E-state index contributed by atoms with van der Waals surface area (Å²) in [7, 11) is 2.05. The number of sulfonamides is 1. The molecule has 1 aliphatic rings. The van der Waals surface area contributed by atoms with Crippen LogP contribution in [0.25, 0.3) is 0 Å². The third-order valence-electron chi connectivity index (χ3n) is 3.85. The Morgan fingerprint density at radius 1 is 1.22 bits per heavy atom. The molecule has 1 rings (SSSR count). The second-order valence-electron chi connectivity index (χ2n) is 5.70. The summed E-state index contributed by atoms with van der Waals surface area (Å²) in [6.45, 7) is 1.87. The maximum absolute atomic E-state index is 11.6. The van der Waals surface area contributed by atoms with Gasteiger partial charge >= 0.3 is 0 Å². The van der Waals surface area contributed by atoms with Gasteiger partial charge in [0.15, 0.2) is 0 Å². The molecule has 1 fully saturated rings. The number of nitrogens with zero attached hydrogens (tertiary/aromatic N) is 2. The highest BCUT2D eigenvalue weighted by Crippen LogP contribution is 2.40. The predicted molar refractivity (Wildman–Crippen MR) is 73.0 cm³/mol. The van der Waals surface area contributed by atoms with Crippen LogP contribution in [0.5, 0.6) is 0 Å². The summed E-state index contributed by atoms with van der Waals surface area (Å²) >= 11 is 0. The Labute approximate surface area is 111 Å². The summed E-state index contributed by atoms with van der Waals surface area (Å²) in [5.41, 5.74) is 0.0785. The lowest BCUT2D eigenvalue weighted by atomic mass is 9.69. The molecule has 0 aliphatic heterocycles. The molecule has 0 spiro atoms. The van der Waals surface area contributed by atoms with Crippen LogP contribution in [-0.2, 0) is 10.0 Å². The molecule has 0 heterocycles. The lowest BCUT2D eigenvalue weighted by Crippen LogP contribution is -2.44. The van der Waals surface area contributed by atoms with Crippen LogP contribution in [0.15, 0.2) is 0 Å². The standard InChI is InChI=1S/C12H26N2O3S/c1-13(2)18(16,17)9-5-8-14(3)10-12(11-15)6-4-7-12/h15H,4-11H2,1-3H3. The summed E-state index contributed by atoms with van der Waals surface area (Å²) in [6, 6.07) is 0. The fraction of sp³-hybridized carbons (Fsp3) is 1.00. The van der Waals surface area contributed by atoms with Crippen LogP contribution in [0.1, 0.15) is 25.7 Å². The second-order valence-corrected chi connectivity index (χ2v) is 8.00. The quantitative estimate of drug-likeness (QED) is 0.696. The Morgan fingerprint density at radius 2 is 1.83 bits per heavy atom. The van der Waals surface area contributed by atoms with E-state index in [1.165, 1.54) is 10.7 Å². The number of hydrogen-bond acceptors (Lipinski definition) is 4. The van der Waals surface area contributed by atoms with E-state index in [9.17, 15) is 13.5 Å². The van der Waals surface area contributed by atoms with Crippen LogP contribution < -0.4 is 0 Å². The van der Waals surface area contributed by atoms with Crippen LogP contribution >= 0.6 is 0 Å². The van der Waals surface area contributed by atoms with Gasteiger partial charge in [-0.1, -0.05) is 6.42 Å². The number of rotatable bonds is 8. The predicted octanol–water partition coefficient (Wildman–Crippen LogP) is 0.362. The van der Waals surface area contributed by atoms with E-state index in [1.807, 2.05) is 7.05 Å². The van der Waals surface area contributed by atoms with Crippen molar-refractivity contribution < 1.29 is 13.5 Å². The molecule has 0 amide bonds. The monoisotopic (exact) mass is 278 g/mol. The summed E-state index contributed by atoms with van der Waals surface area (Å²) in [4.78, 5) is 2.14. The van der Waals surface area contributed by atoms with Crippen LogP contribution in [0.3, 0.4) is 0 Å². The molecule has 0 aromatic carbocycles. The van der Waals surface area contributed by atoms with Gasteiger partial charge in [0, 0.05) is 32.7 Å². The van der Waals surface area contributed by atoms with Crippen molar-refractivity contribution in [2.75, 3.05) is 46.6 Å². The van der Waals surface area contributed by atoms with Gasteiger partial charge in [0.05, 0.1) is 5.75 Å². The number of hydrogen-bond donors (Lipinski definition) is 1. The second kappa shape index (κ2) is 6.32. The van der Waals surface area contributed by atoms with Crippen molar-refractivity contribution in [2.24, 2.45) is 5.41 Å². The van der Waals surface area contributed by atoms with Crippen molar-refractivity contribution in [1.29, 1.82) is 0 Å². The summed E-state index contributed by atoms with van der Waals surface area (Å²) < 4.78 is 24.4. The highest BCUT2D eigenvalue weighted by molar-refractivity contribution is 7.89. The minimum Gasteiger partial charge on any atom is -0.396 e. The van der Waals surface area contributed by atoms with Crippen molar-refractivity contribution in [2.45, 2.75) is 25.7 Å². The fourth-order valence-corrected chi connectivity index (χ4v) is 3.25. The highest BCUT2D eigenvalue weighted by Gasteiger charge is 2.37. The molecule has 0 radical (unpaired) electrons. The molecule has 0 aromatic heterocycles. The average molecular weight is 278 g/mol. The molecule has 0 atom stereocenters. The fourth-order valence-electron chi connectivity index (χ4n) is 2.39. The van der Waals surface area contributed by atoms with Crippen molar-refractivity contribution in [3.8, 4) is 0 Å². The van der Waals surface area contributed by atoms with E-state index in [2.05, 4.69) is 4.90 Å². The van der Waals surface area contributed by atoms with Gasteiger partial charge in [-0.3, -0.25) is 0 Å². The molecule has 18 heavy (non-hydrogen) atoms. The molecule has 1 aliphatic carbocycles. The molecular formula is C12H26N2O3S. The first-order chi connectivity index (χ1) is 8.31. The van der Waals surface area contributed by atoms with Crippen LogP contribution in [0, 0.1) is 5.41 Å². The van der Waals surface area contributed by atoms with Gasteiger partial charge in [0.1, 0.15) is 0 Å². The third-order valence-corrected chi connectivity index (χ3v) is 5.77. The minimum atomic E-state index is -3.08. The number of aliphatic hydroxyl groups is 1. The van der Waals surface area contributed by atoms with Gasteiger partial charge in [-0.25, -0.2) is 12.7 Å². The summed E-state index contributed by atoms with van der Waals surface area (Å²) in [5.74, 6) is 0.191. The molecule has 0 saturated heterocycles. The van der Waals surface area contributed by atoms with Gasteiger partial charge in [-0.2, -0.15) is 0 Å². The lowest BCUT2D eigenvalue weighted by Gasteiger charge is -2.43. The Hall–Kier alpha value is -0.170. The Bertz CT molecular complexity index is 345. The van der Waals surface area contributed by atoms with Crippen LogP contribution in [-0.4, -0.2) is 69.3 Å². The largest absolute Gasteiger partial charge is 0.396 e. The Kier molecular flexibility index (Phi) is 5.58.